The molecule has 0 aliphatic carbocycles. The summed E-state index contributed by atoms with van der Waals surface area (Å²) in [7, 11) is 0. The Morgan fingerprint density at radius 2 is 0.958 bits per heavy atom. The second-order valence-corrected chi connectivity index (χ2v) is 7.53. The van der Waals surface area contributed by atoms with E-state index in [0.717, 1.165) is 13.0 Å². The molecule has 0 heterocycles. The fraction of sp³-hybridized carbons (Fsp3) is 1.00. The third-order valence-corrected chi connectivity index (χ3v) is 5.12. The van der Waals surface area contributed by atoms with Gasteiger partial charge in [-0.15, -0.1) is 0 Å². The van der Waals surface area contributed by atoms with Gasteiger partial charge in [-0.1, -0.05) is 117 Å². The van der Waals surface area contributed by atoms with E-state index in [1.54, 1.807) is 0 Å². The van der Waals surface area contributed by atoms with Gasteiger partial charge >= 0.3 is 0 Å². The molecule has 1 atom stereocenters. The summed E-state index contributed by atoms with van der Waals surface area (Å²) in [5, 5.41) is 12.6. The van der Waals surface area contributed by atoms with Crippen molar-refractivity contribution in [2.75, 3.05) is 13.2 Å². The molecule has 2 N–H and O–H groups in total. The molecule has 0 aliphatic rings. The van der Waals surface area contributed by atoms with Gasteiger partial charge in [0.1, 0.15) is 0 Å². The van der Waals surface area contributed by atoms with Crippen LogP contribution in [0.3, 0.4) is 0 Å². The summed E-state index contributed by atoms with van der Waals surface area (Å²) in [6.07, 6.45) is 23.8. The number of nitrogens with one attached hydrogen (secondary N) is 1. The number of hydrogen-bond donors (Lipinski definition) is 2. The molecule has 0 saturated heterocycles. The molecule has 0 aromatic carbocycles. The first kappa shape index (κ1) is 23.9. The molecule has 0 aromatic heterocycles. The summed E-state index contributed by atoms with van der Waals surface area (Å²) in [6, 6.07) is 0.321. The zero-order valence-corrected chi connectivity index (χ0v) is 17.0. The topological polar surface area (TPSA) is 32.3 Å². The smallest absolute Gasteiger partial charge is 0.0584 e. The Labute approximate surface area is 153 Å². The summed E-state index contributed by atoms with van der Waals surface area (Å²) in [4.78, 5) is 0. The maximum absolute atomic E-state index is 9.22. The van der Waals surface area contributed by atoms with Gasteiger partial charge < -0.3 is 10.4 Å². The van der Waals surface area contributed by atoms with Gasteiger partial charge in [0.05, 0.1) is 6.61 Å². The van der Waals surface area contributed by atoms with Crippen molar-refractivity contribution >= 4 is 0 Å². The molecule has 1 unspecified atom stereocenters. The average Bonchev–Trinajstić information content (AvgIpc) is 2.60. The fourth-order valence-corrected chi connectivity index (χ4v) is 3.49. The van der Waals surface area contributed by atoms with Gasteiger partial charge in [-0.3, -0.25) is 0 Å². The van der Waals surface area contributed by atoms with Crippen LogP contribution in [-0.2, 0) is 0 Å². The number of likely N-dealkylation sites (N-methyl/N-ethyl adjacent to an activating group) is 1. The third-order valence-electron chi connectivity index (χ3n) is 5.12. The normalized spacial score (nSPS) is 12.6. The van der Waals surface area contributed by atoms with Crippen molar-refractivity contribution in [3.8, 4) is 0 Å². The maximum Gasteiger partial charge on any atom is 0.0584 e. The SMILES string of the molecule is CCCCCCCCCCCCCCCCCCC(CO)NCC. The number of rotatable bonds is 20. The number of aliphatic hydroxyl groups excluding tert-OH is 1. The molecule has 0 rings (SSSR count). The van der Waals surface area contributed by atoms with Crippen molar-refractivity contribution in [1.82, 2.24) is 5.32 Å². The monoisotopic (exact) mass is 341 g/mol. The van der Waals surface area contributed by atoms with Gasteiger partial charge in [0.25, 0.3) is 0 Å². The van der Waals surface area contributed by atoms with E-state index in [-0.39, 0.29) is 6.61 Å². The Bertz CT molecular complexity index is 220. The van der Waals surface area contributed by atoms with Crippen LogP contribution in [0, 0.1) is 0 Å². The highest BCUT2D eigenvalue weighted by atomic mass is 16.3. The van der Waals surface area contributed by atoms with E-state index in [2.05, 4.69) is 19.2 Å². The second kappa shape index (κ2) is 21.0. The van der Waals surface area contributed by atoms with Crippen LogP contribution < -0.4 is 5.32 Å². The van der Waals surface area contributed by atoms with Crippen LogP contribution in [0.2, 0.25) is 0 Å². The summed E-state index contributed by atoms with van der Waals surface area (Å²) in [6.45, 7) is 5.64. The van der Waals surface area contributed by atoms with E-state index in [9.17, 15) is 5.11 Å². The molecule has 0 fully saturated rings. The van der Waals surface area contributed by atoms with Crippen molar-refractivity contribution in [3.05, 3.63) is 0 Å². The Morgan fingerprint density at radius 1 is 0.583 bits per heavy atom. The number of hydrogen-bond acceptors (Lipinski definition) is 2. The lowest BCUT2D eigenvalue weighted by molar-refractivity contribution is 0.234. The molecule has 0 amide bonds. The van der Waals surface area contributed by atoms with Crippen LogP contribution in [0.4, 0.5) is 0 Å². The summed E-state index contributed by atoms with van der Waals surface area (Å²) in [5.74, 6) is 0. The Balaban J connectivity index is 3.07. The van der Waals surface area contributed by atoms with Gasteiger partial charge in [-0.05, 0) is 13.0 Å². The molecule has 146 valence electrons. The lowest BCUT2D eigenvalue weighted by Crippen LogP contribution is -2.32. The zero-order valence-electron chi connectivity index (χ0n) is 17.0. The standard InChI is InChI=1S/C22H47NO/c1-3-5-6-7-8-9-10-11-12-13-14-15-16-17-18-19-20-22(21-24)23-4-2/h22-24H,3-21H2,1-2H3. The summed E-state index contributed by atoms with van der Waals surface area (Å²) in [5.41, 5.74) is 0. The fourth-order valence-electron chi connectivity index (χ4n) is 3.49. The molecule has 0 aliphatic heterocycles. The van der Waals surface area contributed by atoms with Crippen LogP contribution in [-0.4, -0.2) is 24.3 Å². The lowest BCUT2D eigenvalue weighted by atomic mass is 10.0. The van der Waals surface area contributed by atoms with Gasteiger partial charge in [0.2, 0.25) is 0 Å². The zero-order chi connectivity index (χ0) is 17.7. The first-order chi connectivity index (χ1) is 11.8. The molecule has 0 bridgehead atoms. The van der Waals surface area contributed by atoms with E-state index in [4.69, 9.17) is 0 Å². The van der Waals surface area contributed by atoms with E-state index in [1.807, 2.05) is 0 Å². The Morgan fingerprint density at radius 3 is 1.29 bits per heavy atom. The minimum atomic E-state index is 0.284. The average molecular weight is 342 g/mol. The quantitative estimate of drug-likeness (QED) is 0.244. The van der Waals surface area contributed by atoms with E-state index in [0.29, 0.717) is 6.04 Å². The summed E-state index contributed by atoms with van der Waals surface area (Å²) >= 11 is 0. The second-order valence-electron chi connectivity index (χ2n) is 7.53. The van der Waals surface area contributed by atoms with Gasteiger partial charge in [-0.2, -0.15) is 0 Å². The molecular formula is C22H47NO. The van der Waals surface area contributed by atoms with Crippen molar-refractivity contribution in [3.63, 3.8) is 0 Å². The molecule has 0 saturated carbocycles. The predicted octanol–water partition coefficient (Wildman–Crippen LogP) is 6.61. The molecule has 0 radical (unpaired) electrons. The maximum atomic E-state index is 9.22. The van der Waals surface area contributed by atoms with Crippen molar-refractivity contribution in [2.45, 2.75) is 129 Å². The first-order valence-corrected chi connectivity index (χ1v) is 11.2. The highest BCUT2D eigenvalue weighted by Crippen LogP contribution is 2.14. The highest BCUT2D eigenvalue weighted by Gasteiger charge is 2.04. The first-order valence-electron chi connectivity index (χ1n) is 11.2. The van der Waals surface area contributed by atoms with Crippen molar-refractivity contribution < 1.29 is 5.11 Å². The van der Waals surface area contributed by atoms with E-state index >= 15 is 0 Å². The molecular weight excluding hydrogens is 294 g/mol. The third kappa shape index (κ3) is 18.3. The minimum Gasteiger partial charge on any atom is -0.395 e. The van der Waals surface area contributed by atoms with Crippen LogP contribution in [0.5, 0.6) is 0 Å². The molecule has 0 aromatic rings. The molecule has 2 heteroatoms. The van der Waals surface area contributed by atoms with Crippen LogP contribution in [0.1, 0.15) is 123 Å². The van der Waals surface area contributed by atoms with Crippen molar-refractivity contribution in [2.24, 2.45) is 0 Å². The number of aliphatic hydroxyl groups is 1. The van der Waals surface area contributed by atoms with E-state index in [1.165, 1.54) is 103 Å². The molecule has 2 nitrogen and oxygen atoms in total. The largest absolute Gasteiger partial charge is 0.395 e. The van der Waals surface area contributed by atoms with Gasteiger partial charge in [0.15, 0.2) is 0 Å². The van der Waals surface area contributed by atoms with Crippen LogP contribution in [0.15, 0.2) is 0 Å². The number of unbranched alkanes of at least 4 members (excludes halogenated alkanes) is 15. The van der Waals surface area contributed by atoms with Crippen LogP contribution >= 0.6 is 0 Å². The van der Waals surface area contributed by atoms with Gasteiger partial charge in [0, 0.05) is 6.04 Å². The Hall–Kier alpha value is -0.0800. The minimum absolute atomic E-state index is 0.284. The summed E-state index contributed by atoms with van der Waals surface area (Å²) < 4.78 is 0. The molecule has 0 spiro atoms. The highest BCUT2D eigenvalue weighted by molar-refractivity contribution is 4.64. The lowest BCUT2D eigenvalue weighted by Gasteiger charge is -2.14. The predicted molar refractivity (Wildman–Crippen MR) is 109 cm³/mol. The van der Waals surface area contributed by atoms with E-state index < -0.39 is 0 Å². The van der Waals surface area contributed by atoms with Crippen LogP contribution in [0.25, 0.3) is 0 Å². The van der Waals surface area contributed by atoms with Crippen molar-refractivity contribution in [1.29, 1.82) is 0 Å². The van der Waals surface area contributed by atoms with Gasteiger partial charge in [-0.25, -0.2) is 0 Å². The molecule has 24 heavy (non-hydrogen) atoms. The Kier molecular flexibility index (Phi) is 20.9.